The first-order valence-electron chi connectivity index (χ1n) is 6.71. The SMILES string of the molecule is CNC(COC(C)C)C1CCCCC1C(F)(F)F. The molecule has 1 fully saturated rings. The summed E-state index contributed by atoms with van der Waals surface area (Å²) in [4.78, 5) is 0. The van der Waals surface area contributed by atoms with Gasteiger partial charge in [-0.3, -0.25) is 0 Å². The molecule has 0 saturated heterocycles. The average molecular weight is 267 g/mol. The molecule has 5 heteroatoms. The van der Waals surface area contributed by atoms with Gasteiger partial charge in [0.2, 0.25) is 0 Å². The van der Waals surface area contributed by atoms with Crippen LogP contribution >= 0.6 is 0 Å². The van der Waals surface area contributed by atoms with Gasteiger partial charge in [-0.1, -0.05) is 12.8 Å². The fraction of sp³-hybridized carbons (Fsp3) is 1.00. The van der Waals surface area contributed by atoms with Crippen molar-refractivity contribution in [1.29, 1.82) is 0 Å². The van der Waals surface area contributed by atoms with E-state index in [-0.39, 0.29) is 24.5 Å². The Morgan fingerprint density at radius 3 is 2.33 bits per heavy atom. The van der Waals surface area contributed by atoms with Crippen molar-refractivity contribution >= 4 is 0 Å². The van der Waals surface area contributed by atoms with Crippen LogP contribution < -0.4 is 5.32 Å². The van der Waals surface area contributed by atoms with Gasteiger partial charge in [-0.05, 0) is 39.7 Å². The number of hydrogen-bond donors (Lipinski definition) is 1. The van der Waals surface area contributed by atoms with Crippen molar-refractivity contribution in [2.24, 2.45) is 11.8 Å². The summed E-state index contributed by atoms with van der Waals surface area (Å²) in [7, 11) is 1.72. The molecule has 3 unspecified atom stereocenters. The molecule has 108 valence electrons. The molecule has 18 heavy (non-hydrogen) atoms. The summed E-state index contributed by atoms with van der Waals surface area (Å²) < 4.78 is 44.5. The maximum absolute atomic E-state index is 13.0. The van der Waals surface area contributed by atoms with Crippen LogP contribution in [0.4, 0.5) is 13.2 Å². The molecule has 0 aromatic rings. The molecule has 0 radical (unpaired) electrons. The molecular formula is C13H24F3NO. The largest absolute Gasteiger partial charge is 0.392 e. The van der Waals surface area contributed by atoms with Gasteiger partial charge in [-0.2, -0.15) is 13.2 Å². The Morgan fingerprint density at radius 2 is 1.83 bits per heavy atom. The van der Waals surface area contributed by atoms with E-state index in [2.05, 4.69) is 5.32 Å². The van der Waals surface area contributed by atoms with Gasteiger partial charge in [0, 0.05) is 6.04 Å². The number of alkyl halides is 3. The molecule has 1 N–H and O–H groups in total. The van der Waals surface area contributed by atoms with Gasteiger partial charge in [0.1, 0.15) is 0 Å². The Labute approximate surface area is 107 Å². The molecule has 1 saturated carbocycles. The lowest BCUT2D eigenvalue weighted by atomic mass is 9.75. The van der Waals surface area contributed by atoms with E-state index in [4.69, 9.17) is 4.74 Å². The van der Waals surface area contributed by atoms with E-state index < -0.39 is 12.1 Å². The summed E-state index contributed by atoms with van der Waals surface area (Å²) in [6.45, 7) is 4.15. The van der Waals surface area contributed by atoms with Gasteiger partial charge in [0.05, 0.1) is 18.6 Å². The Bertz CT molecular complexity index is 243. The maximum atomic E-state index is 13.0. The van der Waals surface area contributed by atoms with Gasteiger partial charge in [0.15, 0.2) is 0 Å². The highest BCUT2D eigenvalue weighted by molar-refractivity contribution is 4.88. The summed E-state index contributed by atoms with van der Waals surface area (Å²) in [5, 5.41) is 3.00. The summed E-state index contributed by atoms with van der Waals surface area (Å²) >= 11 is 0. The van der Waals surface area contributed by atoms with E-state index >= 15 is 0 Å². The van der Waals surface area contributed by atoms with Crippen LogP contribution in [0.15, 0.2) is 0 Å². The van der Waals surface area contributed by atoms with Gasteiger partial charge in [-0.15, -0.1) is 0 Å². The minimum atomic E-state index is -4.09. The van der Waals surface area contributed by atoms with Gasteiger partial charge in [0.25, 0.3) is 0 Å². The monoisotopic (exact) mass is 267 g/mol. The standard InChI is InChI=1S/C13H24F3NO/c1-9(2)18-8-12(17-3)10-6-4-5-7-11(10)13(14,15)16/h9-12,17H,4-8H2,1-3H3. The second kappa shape index (κ2) is 6.75. The maximum Gasteiger partial charge on any atom is 0.392 e. The zero-order valence-electron chi connectivity index (χ0n) is 11.4. The van der Waals surface area contributed by atoms with Crippen LogP contribution in [0.5, 0.6) is 0 Å². The molecule has 0 amide bonds. The van der Waals surface area contributed by atoms with Crippen molar-refractivity contribution in [2.75, 3.05) is 13.7 Å². The Morgan fingerprint density at radius 1 is 1.22 bits per heavy atom. The van der Waals surface area contributed by atoms with E-state index in [1.807, 2.05) is 13.8 Å². The lowest BCUT2D eigenvalue weighted by molar-refractivity contribution is -0.200. The summed E-state index contributed by atoms with van der Waals surface area (Å²) in [6, 6.07) is -0.209. The summed E-state index contributed by atoms with van der Waals surface area (Å²) in [5.41, 5.74) is 0. The minimum absolute atomic E-state index is 0.0498. The molecular weight excluding hydrogens is 243 g/mol. The highest BCUT2D eigenvalue weighted by Crippen LogP contribution is 2.42. The van der Waals surface area contributed by atoms with Gasteiger partial charge >= 0.3 is 6.18 Å². The van der Waals surface area contributed by atoms with E-state index in [0.717, 1.165) is 6.42 Å². The molecule has 0 aromatic carbocycles. The van der Waals surface area contributed by atoms with Gasteiger partial charge < -0.3 is 10.1 Å². The van der Waals surface area contributed by atoms with Gasteiger partial charge in [-0.25, -0.2) is 0 Å². The van der Waals surface area contributed by atoms with E-state index in [1.165, 1.54) is 0 Å². The molecule has 1 aliphatic carbocycles. The normalized spacial score (nSPS) is 27.5. The highest BCUT2D eigenvalue weighted by atomic mass is 19.4. The molecule has 1 rings (SSSR count). The molecule has 0 spiro atoms. The Hall–Kier alpha value is -0.290. The molecule has 0 aromatic heterocycles. The van der Waals surface area contributed by atoms with Crippen LogP contribution in [0.25, 0.3) is 0 Å². The zero-order valence-corrected chi connectivity index (χ0v) is 11.4. The highest BCUT2D eigenvalue weighted by Gasteiger charge is 2.47. The number of halogens is 3. The number of ether oxygens (including phenoxy) is 1. The van der Waals surface area contributed by atoms with Crippen LogP contribution in [0, 0.1) is 11.8 Å². The number of rotatable bonds is 5. The molecule has 1 aliphatic rings. The van der Waals surface area contributed by atoms with Crippen LogP contribution in [-0.4, -0.2) is 32.0 Å². The summed E-state index contributed by atoms with van der Waals surface area (Å²) in [6.07, 6.45) is -1.57. The fourth-order valence-electron chi connectivity index (χ4n) is 2.76. The fourth-order valence-corrected chi connectivity index (χ4v) is 2.76. The predicted molar refractivity (Wildman–Crippen MR) is 65.4 cm³/mol. The molecule has 0 heterocycles. The van der Waals surface area contributed by atoms with Crippen molar-refractivity contribution in [1.82, 2.24) is 5.32 Å². The second-order valence-corrected chi connectivity index (χ2v) is 5.37. The molecule has 0 aliphatic heterocycles. The first-order valence-corrected chi connectivity index (χ1v) is 6.71. The molecule has 3 atom stereocenters. The third kappa shape index (κ3) is 4.43. The van der Waals surface area contributed by atoms with Crippen molar-refractivity contribution in [2.45, 2.75) is 57.9 Å². The minimum Gasteiger partial charge on any atom is -0.377 e. The zero-order chi connectivity index (χ0) is 13.8. The van der Waals surface area contributed by atoms with Crippen LogP contribution in [0.2, 0.25) is 0 Å². The van der Waals surface area contributed by atoms with Crippen LogP contribution in [-0.2, 0) is 4.74 Å². The van der Waals surface area contributed by atoms with Crippen LogP contribution in [0.1, 0.15) is 39.5 Å². The van der Waals surface area contributed by atoms with Crippen LogP contribution in [0.3, 0.4) is 0 Å². The lowest BCUT2D eigenvalue weighted by Gasteiger charge is -2.38. The quantitative estimate of drug-likeness (QED) is 0.824. The van der Waals surface area contributed by atoms with E-state index in [0.29, 0.717) is 19.4 Å². The van der Waals surface area contributed by atoms with E-state index in [9.17, 15) is 13.2 Å². The lowest BCUT2D eigenvalue weighted by Crippen LogP contribution is -2.47. The Balaban J connectivity index is 2.68. The third-order valence-electron chi connectivity index (χ3n) is 3.74. The Kier molecular flexibility index (Phi) is 5.92. The third-order valence-corrected chi connectivity index (χ3v) is 3.74. The molecule has 0 bridgehead atoms. The second-order valence-electron chi connectivity index (χ2n) is 5.37. The van der Waals surface area contributed by atoms with Crippen molar-refractivity contribution < 1.29 is 17.9 Å². The topological polar surface area (TPSA) is 21.3 Å². The first kappa shape index (κ1) is 15.8. The number of hydrogen-bond acceptors (Lipinski definition) is 2. The smallest absolute Gasteiger partial charge is 0.377 e. The number of nitrogens with one attached hydrogen (secondary N) is 1. The number of likely N-dealkylation sites (N-methyl/N-ethyl adjacent to an activating group) is 1. The summed E-state index contributed by atoms with van der Waals surface area (Å²) in [5.74, 6) is -1.54. The average Bonchev–Trinajstić information content (AvgIpc) is 2.29. The first-order chi connectivity index (χ1) is 8.36. The van der Waals surface area contributed by atoms with E-state index in [1.54, 1.807) is 7.05 Å². The molecule has 2 nitrogen and oxygen atoms in total. The van der Waals surface area contributed by atoms with Crippen molar-refractivity contribution in [3.05, 3.63) is 0 Å². The predicted octanol–water partition coefficient (Wildman–Crippen LogP) is 3.37. The van der Waals surface area contributed by atoms with Crippen molar-refractivity contribution in [3.8, 4) is 0 Å². The van der Waals surface area contributed by atoms with Crippen molar-refractivity contribution in [3.63, 3.8) is 0 Å².